The number of aliphatic hydroxyl groups is 1. The van der Waals surface area contributed by atoms with Crippen molar-refractivity contribution in [3.8, 4) is 6.07 Å². The third kappa shape index (κ3) is 3.01. The van der Waals surface area contributed by atoms with Gasteiger partial charge in [-0.3, -0.25) is 4.98 Å². The molecule has 0 aliphatic heterocycles. The van der Waals surface area contributed by atoms with E-state index in [4.69, 9.17) is 0 Å². The summed E-state index contributed by atoms with van der Waals surface area (Å²) in [6, 6.07) is 12.7. The number of pyridine rings is 1. The van der Waals surface area contributed by atoms with E-state index in [-0.39, 0.29) is 6.61 Å². The topological polar surface area (TPSA) is 56.9 Å². The van der Waals surface area contributed by atoms with Crippen LogP contribution in [0.15, 0.2) is 48.8 Å². The van der Waals surface area contributed by atoms with Gasteiger partial charge in [-0.25, -0.2) is 4.39 Å². The van der Waals surface area contributed by atoms with Crippen molar-refractivity contribution in [2.24, 2.45) is 0 Å². The molecule has 102 valence electrons. The summed E-state index contributed by atoms with van der Waals surface area (Å²) in [5, 5.41) is 18.7. The average molecular weight is 270 g/mol. The Morgan fingerprint density at radius 2 is 2.00 bits per heavy atom. The monoisotopic (exact) mass is 270 g/mol. The van der Waals surface area contributed by atoms with Crippen molar-refractivity contribution < 1.29 is 9.50 Å². The second-order valence-corrected chi connectivity index (χ2v) is 4.53. The standard InChI is InChI=1S/C16H15FN2O/c17-16-6-8-19-11-15(16)13(7-9-20)14(10-18)12-4-2-1-3-5-12/h1-6,8,11,13-14,20H,7,9H2/t13-,14+/m0/s1. The molecule has 1 aromatic carbocycles. The molecule has 0 radical (unpaired) electrons. The predicted octanol–water partition coefficient (Wildman–Crippen LogP) is 2.99. The number of aliphatic hydroxyl groups excluding tert-OH is 1. The maximum atomic E-state index is 13.9. The van der Waals surface area contributed by atoms with Crippen LogP contribution in [0.5, 0.6) is 0 Å². The van der Waals surface area contributed by atoms with Crippen LogP contribution in [0.3, 0.4) is 0 Å². The highest BCUT2D eigenvalue weighted by molar-refractivity contribution is 5.32. The second kappa shape index (κ2) is 6.78. The number of nitriles is 1. The van der Waals surface area contributed by atoms with Crippen LogP contribution in [-0.2, 0) is 0 Å². The van der Waals surface area contributed by atoms with Crippen LogP contribution < -0.4 is 0 Å². The summed E-state index contributed by atoms with van der Waals surface area (Å²) >= 11 is 0. The van der Waals surface area contributed by atoms with Crippen molar-refractivity contribution >= 4 is 0 Å². The van der Waals surface area contributed by atoms with E-state index in [2.05, 4.69) is 11.1 Å². The van der Waals surface area contributed by atoms with Gasteiger partial charge in [0.25, 0.3) is 0 Å². The molecule has 0 unspecified atom stereocenters. The van der Waals surface area contributed by atoms with Crippen molar-refractivity contribution in [1.29, 1.82) is 5.26 Å². The largest absolute Gasteiger partial charge is 0.396 e. The van der Waals surface area contributed by atoms with E-state index in [0.29, 0.717) is 12.0 Å². The molecule has 2 aromatic rings. The summed E-state index contributed by atoms with van der Waals surface area (Å²) in [6.45, 7) is -0.107. The lowest BCUT2D eigenvalue weighted by atomic mass is 9.81. The Labute approximate surface area is 117 Å². The van der Waals surface area contributed by atoms with Crippen molar-refractivity contribution in [3.05, 3.63) is 65.7 Å². The Bertz CT molecular complexity index is 595. The first-order valence-corrected chi connectivity index (χ1v) is 6.42. The average Bonchev–Trinajstić information content (AvgIpc) is 2.49. The lowest BCUT2D eigenvalue weighted by molar-refractivity contribution is 0.270. The summed E-state index contributed by atoms with van der Waals surface area (Å²) in [5.74, 6) is -1.32. The molecule has 0 aliphatic rings. The molecule has 0 fully saturated rings. The van der Waals surface area contributed by atoms with E-state index in [0.717, 1.165) is 5.56 Å². The molecule has 0 amide bonds. The SMILES string of the molecule is N#C[C@H](c1ccccc1)[C@H](CCO)c1cnccc1F. The molecular weight excluding hydrogens is 255 g/mol. The van der Waals surface area contributed by atoms with Crippen LogP contribution in [0.4, 0.5) is 4.39 Å². The zero-order chi connectivity index (χ0) is 14.4. The molecule has 1 N–H and O–H groups in total. The Morgan fingerprint density at radius 3 is 2.60 bits per heavy atom. The first-order valence-electron chi connectivity index (χ1n) is 6.42. The number of benzene rings is 1. The Hall–Kier alpha value is -2.25. The minimum atomic E-state index is -0.512. The van der Waals surface area contributed by atoms with Crippen LogP contribution in [-0.4, -0.2) is 16.7 Å². The van der Waals surface area contributed by atoms with Gasteiger partial charge in [0, 0.05) is 30.5 Å². The highest BCUT2D eigenvalue weighted by Gasteiger charge is 2.26. The minimum absolute atomic E-state index is 0.107. The molecule has 1 aromatic heterocycles. The Kier molecular flexibility index (Phi) is 4.80. The summed E-state index contributed by atoms with van der Waals surface area (Å²) < 4.78 is 13.9. The van der Waals surface area contributed by atoms with Crippen LogP contribution >= 0.6 is 0 Å². The normalized spacial score (nSPS) is 13.4. The molecule has 0 bridgehead atoms. The zero-order valence-electron chi connectivity index (χ0n) is 10.9. The molecule has 2 atom stereocenters. The van der Waals surface area contributed by atoms with Crippen molar-refractivity contribution in [2.75, 3.05) is 6.61 Å². The van der Waals surface area contributed by atoms with E-state index < -0.39 is 17.7 Å². The number of halogens is 1. The van der Waals surface area contributed by atoms with Gasteiger partial charge in [-0.1, -0.05) is 30.3 Å². The number of aromatic nitrogens is 1. The lowest BCUT2D eigenvalue weighted by Gasteiger charge is -2.22. The number of nitrogens with zero attached hydrogens (tertiary/aromatic N) is 2. The van der Waals surface area contributed by atoms with E-state index in [9.17, 15) is 14.8 Å². The van der Waals surface area contributed by atoms with E-state index in [1.54, 1.807) is 0 Å². The summed E-state index contributed by atoms with van der Waals surface area (Å²) in [6.07, 6.45) is 3.12. The molecule has 0 saturated carbocycles. The predicted molar refractivity (Wildman–Crippen MR) is 73.4 cm³/mol. The number of hydrogen-bond acceptors (Lipinski definition) is 3. The maximum absolute atomic E-state index is 13.9. The smallest absolute Gasteiger partial charge is 0.129 e. The molecule has 4 heteroatoms. The van der Waals surface area contributed by atoms with Crippen molar-refractivity contribution in [3.63, 3.8) is 0 Å². The zero-order valence-corrected chi connectivity index (χ0v) is 10.9. The number of rotatable bonds is 5. The lowest BCUT2D eigenvalue weighted by Crippen LogP contribution is -2.13. The van der Waals surface area contributed by atoms with Crippen molar-refractivity contribution in [1.82, 2.24) is 4.98 Å². The van der Waals surface area contributed by atoms with E-state index in [1.807, 2.05) is 30.3 Å². The van der Waals surface area contributed by atoms with Gasteiger partial charge in [-0.15, -0.1) is 0 Å². The molecule has 0 aliphatic carbocycles. The number of hydrogen-bond donors (Lipinski definition) is 1. The first kappa shape index (κ1) is 14.2. The van der Waals surface area contributed by atoms with Crippen molar-refractivity contribution in [2.45, 2.75) is 18.3 Å². The van der Waals surface area contributed by atoms with Crippen LogP contribution in [0, 0.1) is 17.1 Å². The highest BCUT2D eigenvalue weighted by atomic mass is 19.1. The molecule has 20 heavy (non-hydrogen) atoms. The van der Waals surface area contributed by atoms with Gasteiger partial charge in [-0.2, -0.15) is 5.26 Å². The molecular formula is C16H15FN2O. The third-order valence-electron chi connectivity index (χ3n) is 3.34. The molecule has 0 spiro atoms. The van der Waals surface area contributed by atoms with Gasteiger partial charge in [0.15, 0.2) is 0 Å². The Balaban J connectivity index is 2.42. The quantitative estimate of drug-likeness (QED) is 0.908. The summed E-state index contributed by atoms with van der Waals surface area (Å²) in [4.78, 5) is 3.93. The molecule has 1 heterocycles. The van der Waals surface area contributed by atoms with Gasteiger partial charge in [0.2, 0.25) is 0 Å². The summed E-state index contributed by atoms with van der Waals surface area (Å²) in [5.41, 5.74) is 1.19. The van der Waals surface area contributed by atoms with Crippen LogP contribution in [0.1, 0.15) is 29.4 Å². The third-order valence-corrected chi connectivity index (χ3v) is 3.34. The van der Waals surface area contributed by atoms with Crippen LogP contribution in [0.2, 0.25) is 0 Å². The summed E-state index contributed by atoms with van der Waals surface area (Å²) in [7, 11) is 0. The Morgan fingerprint density at radius 1 is 1.25 bits per heavy atom. The van der Waals surface area contributed by atoms with Gasteiger partial charge < -0.3 is 5.11 Å². The minimum Gasteiger partial charge on any atom is -0.396 e. The molecule has 3 nitrogen and oxygen atoms in total. The van der Waals surface area contributed by atoms with Gasteiger partial charge in [0.05, 0.1) is 12.0 Å². The fraction of sp³-hybridized carbons (Fsp3) is 0.250. The molecule has 0 saturated heterocycles. The fourth-order valence-electron chi connectivity index (χ4n) is 2.36. The first-order chi connectivity index (χ1) is 9.77. The molecule has 2 rings (SSSR count). The highest BCUT2D eigenvalue weighted by Crippen LogP contribution is 2.35. The van der Waals surface area contributed by atoms with Crippen LogP contribution in [0.25, 0.3) is 0 Å². The fourth-order valence-corrected chi connectivity index (χ4v) is 2.36. The van der Waals surface area contributed by atoms with Gasteiger partial charge in [-0.05, 0) is 18.1 Å². The van der Waals surface area contributed by atoms with E-state index in [1.165, 1.54) is 18.5 Å². The van der Waals surface area contributed by atoms with E-state index >= 15 is 0 Å². The van der Waals surface area contributed by atoms with Gasteiger partial charge >= 0.3 is 0 Å². The maximum Gasteiger partial charge on any atom is 0.129 e. The second-order valence-electron chi connectivity index (χ2n) is 4.53. The van der Waals surface area contributed by atoms with Gasteiger partial charge in [0.1, 0.15) is 5.82 Å².